The summed E-state index contributed by atoms with van der Waals surface area (Å²) in [6.07, 6.45) is 1.63. The molecule has 0 spiro atoms. The first-order valence-corrected chi connectivity index (χ1v) is 9.21. The van der Waals surface area contributed by atoms with Crippen molar-refractivity contribution in [2.75, 3.05) is 5.32 Å². The molecule has 1 aromatic carbocycles. The third-order valence-corrected chi connectivity index (χ3v) is 4.68. The molecule has 0 saturated carbocycles. The Morgan fingerprint density at radius 3 is 2.79 bits per heavy atom. The summed E-state index contributed by atoms with van der Waals surface area (Å²) in [4.78, 5) is 35.6. The first-order valence-electron chi connectivity index (χ1n) is 8.39. The number of aryl methyl sites for hydroxylation is 2. The summed E-state index contributed by atoms with van der Waals surface area (Å²) in [5.74, 6) is -0.753. The Kier molecular flexibility index (Phi) is 5.54. The van der Waals surface area contributed by atoms with Crippen LogP contribution in [0.5, 0.6) is 0 Å². The standard InChI is InChI=1S/C17H16N6O4S/c1-3-6-14-19-20-17(28-14)18-16(25)15-13(24)9-10(2)22(21-15)11-7-4-5-8-12(11)23(26)27/h4-5,7-9H,3,6H2,1-2H3,(H,18,20,25). The zero-order chi connectivity index (χ0) is 20.3. The van der Waals surface area contributed by atoms with Gasteiger partial charge >= 0.3 is 0 Å². The van der Waals surface area contributed by atoms with Crippen molar-refractivity contribution in [3.05, 3.63) is 67.1 Å². The van der Waals surface area contributed by atoms with Crippen LogP contribution in [0, 0.1) is 17.0 Å². The largest absolute Gasteiger partial charge is 0.295 e. The summed E-state index contributed by atoms with van der Waals surface area (Å²) in [5.41, 5.74) is -0.669. The first kappa shape index (κ1) is 19.3. The maximum Gasteiger partial charge on any atom is 0.294 e. The third-order valence-electron chi connectivity index (χ3n) is 3.78. The minimum atomic E-state index is -0.753. The predicted molar refractivity (Wildman–Crippen MR) is 103 cm³/mol. The van der Waals surface area contributed by atoms with Crippen LogP contribution in [0.2, 0.25) is 0 Å². The molecule has 0 bridgehead atoms. The quantitative estimate of drug-likeness (QED) is 0.496. The SMILES string of the molecule is CCCc1nnc(NC(=O)c2nn(-c3ccccc3[N+](=O)[O-])c(C)cc2=O)s1. The molecule has 2 aromatic heterocycles. The van der Waals surface area contributed by atoms with E-state index in [-0.39, 0.29) is 16.5 Å². The highest BCUT2D eigenvalue weighted by Gasteiger charge is 2.21. The highest BCUT2D eigenvalue weighted by molar-refractivity contribution is 7.15. The second-order valence-corrected chi connectivity index (χ2v) is 6.92. The van der Waals surface area contributed by atoms with Crippen molar-refractivity contribution in [1.82, 2.24) is 20.0 Å². The number of carbonyl (C=O) groups excluding carboxylic acids is 1. The van der Waals surface area contributed by atoms with Gasteiger partial charge in [-0.1, -0.05) is 30.4 Å². The molecular formula is C17H16N6O4S. The Balaban J connectivity index is 1.99. The molecule has 0 aliphatic heterocycles. The number of rotatable bonds is 6. The molecule has 11 heteroatoms. The van der Waals surface area contributed by atoms with Gasteiger partial charge in [-0.3, -0.25) is 25.0 Å². The third kappa shape index (κ3) is 3.93. The summed E-state index contributed by atoms with van der Waals surface area (Å²) in [6, 6.07) is 7.16. The van der Waals surface area contributed by atoms with Gasteiger partial charge in [0, 0.05) is 24.2 Å². The number of hydrogen-bond donors (Lipinski definition) is 1. The fraction of sp³-hybridized carbons (Fsp3) is 0.235. The van der Waals surface area contributed by atoms with Gasteiger partial charge in [-0.25, -0.2) is 4.68 Å². The summed E-state index contributed by atoms with van der Waals surface area (Å²) >= 11 is 1.22. The number of nitro groups is 1. The normalized spacial score (nSPS) is 10.6. The minimum Gasteiger partial charge on any atom is -0.295 e. The molecule has 0 aliphatic rings. The zero-order valence-corrected chi connectivity index (χ0v) is 15.9. The average Bonchev–Trinajstić information content (AvgIpc) is 3.09. The van der Waals surface area contributed by atoms with Crippen molar-refractivity contribution in [3.8, 4) is 5.69 Å². The molecule has 0 saturated heterocycles. The van der Waals surface area contributed by atoms with Gasteiger partial charge in [0.25, 0.3) is 11.6 Å². The number of anilines is 1. The first-order chi connectivity index (χ1) is 13.4. The van der Waals surface area contributed by atoms with Crippen LogP contribution in [0.15, 0.2) is 35.1 Å². The molecular weight excluding hydrogens is 384 g/mol. The van der Waals surface area contributed by atoms with Gasteiger partial charge in [-0.15, -0.1) is 10.2 Å². The highest BCUT2D eigenvalue weighted by atomic mass is 32.1. The molecule has 1 N–H and O–H groups in total. The molecule has 0 aliphatic carbocycles. The van der Waals surface area contributed by atoms with Crippen LogP contribution < -0.4 is 10.7 Å². The van der Waals surface area contributed by atoms with Gasteiger partial charge in [0.2, 0.25) is 10.6 Å². The van der Waals surface area contributed by atoms with Gasteiger partial charge < -0.3 is 0 Å². The number of hydrogen-bond acceptors (Lipinski definition) is 8. The molecule has 28 heavy (non-hydrogen) atoms. The lowest BCUT2D eigenvalue weighted by Gasteiger charge is -2.11. The van der Waals surface area contributed by atoms with Gasteiger partial charge in [0.05, 0.1) is 4.92 Å². The number of nitro benzene ring substituents is 1. The Hall–Kier alpha value is -3.47. The van der Waals surface area contributed by atoms with E-state index in [1.54, 1.807) is 13.0 Å². The van der Waals surface area contributed by atoms with E-state index in [1.165, 1.54) is 40.3 Å². The van der Waals surface area contributed by atoms with E-state index in [0.717, 1.165) is 17.8 Å². The fourth-order valence-corrected chi connectivity index (χ4v) is 3.36. The highest BCUT2D eigenvalue weighted by Crippen LogP contribution is 2.22. The van der Waals surface area contributed by atoms with Crippen LogP contribution in [0.25, 0.3) is 5.69 Å². The lowest BCUT2D eigenvalue weighted by Crippen LogP contribution is -2.27. The van der Waals surface area contributed by atoms with E-state index in [2.05, 4.69) is 20.6 Å². The van der Waals surface area contributed by atoms with E-state index >= 15 is 0 Å². The van der Waals surface area contributed by atoms with E-state index in [0.29, 0.717) is 5.69 Å². The monoisotopic (exact) mass is 400 g/mol. The summed E-state index contributed by atoms with van der Waals surface area (Å²) in [5, 5.41) is 26.7. The van der Waals surface area contributed by atoms with Crippen molar-refractivity contribution in [1.29, 1.82) is 0 Å². The smallest absolute Gasteiger partial charge is 0.294 e. The molecule has 0 atom stereocenters. The second-order valence-electron chi connectivity index (χ2n) is 5.86. The lowest BCUT2D eigenvalue weighted by atomic mass is 10.2. The summed E-state index contributed by atoms with van der Waals surface area (Å²) < 4.78 is 1.21. The molecule has 144 valence electrons. The van der Waals surface area contributed by atoms with Crippen LogP contribution >= 0.6 is 11.3 Å². The van der Waals surface area contributed by atoms with Crippen LogP contribution in [0.1, 0.15) is 34.5 Å². The number of carbonyl (C=O) groups is 1. The van der Waals surface area contributed by atoms with E-state index in [1.807, 2.05) is 6.92 Å². The number of nitrogens with zero attached hydrogens (tertiary/aromatic N) is 5. The van der Waals surface area contributed by atoms with Crippen LogP contribution in [-0.2, 0) is 6.42 Å². The number of nitrogens with one attached hydrogen (secondary N) is 1. The van der Waals surface area contributed by atoms with Crippen LogP contribution in [0.4, 0.5) is 10.8 Å². The molecule has 10 nitrogen and oxygen atoms in total. The molecule has 0 fully saturated rings. The molecule has 2 heterocycles. The minimum absolute atomic E-state index is 0.153. The van der Waals surface area contributed by atoms with Gasteiger partial charge in [0.1, 0.15) is 10.7 Å². The van der Waals surface area contributed by atoms with E-state index in [4.69, 9.17) is 0 Å². The van der Waals surface area contributed by atoms with E-state index < -0.39 is 22.0 Å². The van der Waals surface area contributed by atoms with Gasteiger partial charge in [-0.05, 0) is 19.4 Å². The van der Waals surface area contributed by atoms with Crippen molar-refractivity contribution in [3.63, 3.8) is 0 Å². The molecule has 0 unspecified atom stereocenters. The van der Waals surface area contributed by atoms with Gasteiger partial charge in [0.15, 0.2) is 5.69 Å². The average molecular weight is 400 g/mol. The van der Waals surface area contributed by atoms with E-state index in [9.17, 15) is 19.7 Å². The van der Waals surface area contributed by atoms with Crippen molar-refractivity contribution >= 4 is 28.1 Å². The number of amides is 1. The Morgan fingerprint density at radius 2 is 2.07 bits per heavy atom. The van der Waals surface area contributed by atoms with Crippen molar-refractivity contribution < 1.29 is 9.72 Å². The molecule has 3 aromatic rings. The molecule has 1 amide bonds. The molecule has 3 rings (SSSR count). The summed E-state index contributed by atoms with van der Waals surface area (Å²) in [6.45, 7) is 3.58. The van der Waals surface area contributed by atoms with Crippen LogP contribution in [-0.4, -0.2) is 30.8 Å². The Morgan fingerprint density at radius 1 is 1.32 bits per heavy atom. The zero-order valence-electron chi connectivity index (χ0n) is 15.1. The second kappa shape index (κ2) is 8.05. The van der Waals surface area contributed by atoms with Gasteiger partial charge in [-0.2, -0.15) is 5.10 Å². The number of aromatic nitrogens is 4. The Labute approximate surface area is 163 Å². The molecule has 0 radical (unpaired) electrons. The lowest BCUT2D eigenvalue weighted by molar-refractivity contribution is -0.384. The Bertz CT molecular complexity index is 1110. The predicted octanol–water partition coefficient (Wildman–Crippen LogP) is 2.51. The van der Waals surface area contributed by atoms with Crippen molar-refractivity contribution in [2.45, 2.75) is 26.7 Å². The number of benzene rings is 1. The maximum atomic E-state index is 12.5. The fourth-order valence-electron chi connectivity index (χ4n) is 2.52. The number of para-hydroxylation sites is 2. The van der Waals surface area contributed by atoms with Crippen molar-refractivity contribution in [2.24, 2.45) is 0 Å². The maximum absolute atomic E-state index is 12.5. The van der Waals surface area contributed by atoms with Crippen LogP contribution in [0.3, 0.4) is 0 Å². The topological polar surface area (TPSA) is 133 Å². The summed E-state index contributed by atoms with van der Waals surface area (Å²) in [7, 11) is 0.